The number of nitrogens with two attached hydrogens (primary N) is 1. The fourth-order valence-corrected chi connectivity index (χ4v) is 2.58. The second-order valence-corrected chi connectivity index (χ2v) is 7.93. The van der Waals surface area contributed by atoms with Crippen LogP contribution in [0.3, 0.4) is 0 Å². The quantitative estimate of drug-likeness (QED) is 0.190. The molecule has 11 nitrogen and oxygen atoms in total. The molecule has 0 saturated heterocycles. The predicted molar refractivity (Wildman–Crippen MR) is 109 cm³/mol. The highest BCUT2D eigenvalue weighted by Gasteiger charge is 2.34. The summed E-state index contributed by atoms with van der Waals surface area (Å²) >= 11 is 0. The minimum Gasteiger partial charge on any atom is -0.480 e. The van der Waals surface area contributed by atoms with Gasteiger partial charge < -0.3 is 37.0 Å². The molecule has 7 atom stereocenters. The molecule has 11 heteroatoms. The minimum absolute atomic E-state index is 0.310. The first kappa shape index (κ1) is 27.8. The van der Waals surface area contributed by atoms with Crippen LogP contribution in [0.4, 0.5) is 0 Å². The number of carboxylic acids is 1. The normalized spacial score (nSPS) is 18.3. The molecule has 0 aliphatic heterocycles. The van der Waals surface area contributed by atoms with Crippen LogP contribution in [0.2, 0.25) is 0 Å². The Bertz CT molecular complexity index is 610. The number of hydrogen-bond acceptors (Lipinski definition) is 7. The van der Waals surface area contributed by atoms with Crippen molar-refractivity contribution in [3.63, 3.8) is 0 Å². The fourth-order valence-electron chi connectivity index (χ4n) is 2.58. The molecule has 174 valence electrons. The van der Waals surface area contributed by atoms with E-state index >= 15 is 0 Å². The Kier molecular flexibility index (Phi) is 11.5. The molecule has 8 N–H and O–H groups in total. The minimum atomic E-state index is -1.54. The number of hydrogen-bond donors (Lipinski definition) is 7. The van der Waals surface area contributed by atoms with Crippen molar-refractivity contribution >= 4 is 23.7 Å². The molecule has 0 spiro atoms. The Morgan fingerprint density at radius 2 is 1.20 bits per heavy atom. The van der Waals surface area contributed by atoms with Crippen molar-refractivity contribution < 1.29 is 34.5 Å². The standard InChI is InChI=1S/C19H36N4O7/c1-7-9(4)14(22-16(26)12(20)10(5)24)18(28)21-13(8(2)3)17(27)23-15(11(6)25)19(29)30/h8-15,24-25H,7,20H2,1-6H3,(H,21,28)(H,22,26)(H,23,27)(H,29,30). The Morgan fingerprint density at radius 1 is 0.767 bits per heavy atom. The maximum atomic E-state index is 12.9. The van der Waals surface area contributed by atoms with Crippen molar-refractivity contribution in [1.29, 1.82) is 0 Å². The van der Waals surface area contributed by atoms with Gasteiger partial charge in [-0.1, -0.05) is 34.1 Å². The van der Waals surface area contributed by atoms with Crippen molar-refractivity contribution in [3.05, 3.63) is 0 Å². The lowest BCUT2D eigenvalue weighted by molar-refractivity contribution is -0.145. The highest BCUT2D eigenvalue weighted by Crippen LogP contribution is 2.11. The van der Waals surface area contributed by atoms with Gasteiger partial charge in [0, 0.05) is 0 Å². The lowest BCUT2D eigenvalue weighted by atomic mass is 9.96. The molecule has 0 aromatic carbocycles. The number of amides is 3. The zero-order valence-electron chi connectivity index (χ0n) is 18.4. The molecule has 0 heterocycles. The molecule has 0 aliphatic rings. The van der Waals surface area contributed by atoms with E-state index in [2.05, 4.69) is 16.0 Å². The van der Waals surface area contributed by atoms with E-state index < -0.39 is 66.0 Å². The van der Waals surface area contributed by atoms with E-state index in [-0.39, 0.29) is 5.92 Å². The van der Waals surface area contributed by atoms with Crippen molar-refractivity contribution in [3.8, 4) is 0 Å². The number of nitrogens with one attached hydrogen (secondary N) is 3. The highest BCUT2D eigenvalue weighted by molar-refractivity contribution is 5.94. The number of carbonyl (C=O) groups excluding carboxylic acids is 3. The summed E-state index contributed by atoms with van der Waals surface area (Å²) in [7, 11) is 0. The van der Waals surface area contributed by atoms with Crippen LogP contribution in [0, 0.1) is 11.8 Å². The Morgan fingerprint density at radius 3 is 1.57 bits per heavy atom. The highest BCUT2D eigenvalue weighted by atomic mass is 16.4. The van der Waals surface area contributed by atoms with Gasteiger partial charge in [0.1, 0.15) is 18.1 Å². The van der Waals surface area contributed by atoms with Crippen LogP contribution in [0.25, 0.3) is 0 Å². The first-order chi connectivity index (χ1) is 13.7. The summed E-state index contributed by atoms with van der Waals surface area (Å²) in [5.41, 5.74) is 5.62. The summed E-state index contributed by atoms with van der Waals surface area (Å²) in [6.07, 6.45) is -1.93. The molecule has 30 heavy (non-hydrogen) atoms. The zero-order chi connectivity index (χ0) is 23.8. The van der Waals surface area contributed by atoms with Gasteiger partial charge in [0.05, 0.1) is 12.2 Å². The van der Waals surface area contributed by atoms with E-state index in [1.165, 1.54) is 13.8 Å². The fraction of sp³-hybridized carbons (Fsp3) is 0.789. The average molecular weight is 433 g/mol. The number of aliphatic hydroxyl groups is 2. The SMILES string of the molecule is CCC(C)C(NC(=O)C(N)C(C)O)C(=O)NC(C(=O)NC(C(=O)O)C(C)O)C(C)C. The number of carboxylic acid groups (broad SMARTS) is 1. The van der Waals surface area contributed by atoms with Gasteiger partial charge in [-0.15, -0.1) is 0 Å². The number of rotatable bonds is 12. The van der Waals surface area contributed by atoms with Crippen molar-refractivity contribution in [2.45, 2.75) is 84.3 Å². The van der Waals surface area contributed by atoms with Crippen LogP contribution in [0.1, 0.15) is 48.0 Å². The monoisotopic (exact) mass is 432 g/mol. The van der Waals surface area contributed by atoms with Crippen LogP contribution in [-0.4, -0.2) is 75.4 Å². The summed E-state index contributed by atoms with van der Waals surface area (Å²) in [6, 6.07) is -4.89. The Balaban J connectivity index is 5.49. The third-order valence-electron chi connectivity index (χ3n) is 4.91. The van der Waals surface area contributed by atoms with Gasteiger partial charge in [-0.2, -0.15) is 0 Å². The summed E-state index contributed by atoms with van der Waals surface area (Å²) in [4.78, 5) is 48.9. The molecule has 0 aliphatic carbocycles. The molecule has 0 aromatic heterocycles. The van der Waals surface area contributed by atoms with Crippen LogP contribution in [0.15, 0.2) is 0 Å². The molecule has 0 rings (SSSR count). The third-order valence-corrected chi connectivity index (χ3v) is 4.91. The largest absolute Gasteiger partial charge is 0.480 e. The third kappa shape index (κ3) is 8.25. The summed E-state index contributed by atoms with van der Waals surface area (Å²) in [5.74, 6) is -4.27. The van der Waals surface area contributed by atoms with E-state index in [0.717, 1.165) is 0 Å². The molecule has 0 aromatic rings. The van der Waals surface area contributed by atoms with Crippen molar-refractivity contribution in [2.75, 3.05) is 0 Å². The van der Waals surface area contributed by atoms with E-state index in [1.54, 1.807) is 20.8 Å². The summed E-state index contributed by atoms with van der Waals surface area (Å²) in [6.45, 7) is 9.44. The lowest BCUT2D eigenvalue weighted by Gasteiger charge is -2.29. The van der Waals surface area contributed by atoms with Crippen LogP contribution >= 0.6 is 0 Å². The predicted octanol–water partition coefficient (Wildman–Crippen LogP) is -1.68. The smallest absolute Gasteiger partial charge is 0.328 e. The number of aliphatic hydroxyl groups excluding tert-OH is 2. The van der Waals surface area contributed by atoms with Gasteiger partial charge in [0.2, 0.25) is 17.7 Å². The van der Waals surface area contributed by atoms with Crippen molar-refractivity contribution in [2.24, 2.45) is 17.6 Å². The van der Waals surface area contributed by atoms with Crippen molar-refractivity contribution in [1.82, 2.24) is 16.0 Å². The molecule has 0 fully saturated rings. The van der Waals surface area contributed by atoms with Gasteiger partial charge in [-0.25, -0.2) is 4.79 Å². The molecule has 3 amide bonds. The van der Waals surface area contributed by atoms with Gasteiger partial charge in [-0.3, -0.25) is 14.4 Å². The molecule has 0 saturated carbocycles. The summed E-state index contributed by atoms with van der Waals surface area (Å²) in [5, 5.41) is 35.5. The number of aliphatic carboxylic acids is 1. The van der Waals surface area contributed by atoms with E-state index in [0.29, 0.717) is 6.42 Å². The van der Waals surface area contributed by atoms with Crippen LogP contribution in [-0.2, 0) is 19.2 Å². The molecule has 0 bridgehead atoms. The average Bonchev–Trinajstić information content (AvgIpc) is 2.65. The molecular formula is C19H36N4O7. The molecule has 0 radical (unpaired) electrons. The topological polar surface area (TPSA) is 191 Å². The maximum absolute atomic E-state index is 12.9. The Hall–Kier alpha value is -2.24. The maximum Gasteiger partial charge on any atom is 0.328 e. The first-order valence-corrected chi connectivity index (χ1v) is 10.00. The zero-order valence-corrected chi connectivity index (χ0v) is 18.4. The lowest BCUT2D eigenvalue weighted by Crippen LogP contribution is -2.61. The molecular weight excluding hydrogens is 396 g/mol. The van der Waals surface area contributed by atoms with E-state index in [1.807, 2.05) is 6.92 Å². The van der Waals surface area contributed by atoms with Gasteiger partial charge in [0.25, 0.3) is 0 Å². The van der Waals surface area contributed by atoms with Gasteiger partial charge in [0.15, 0.2) is 6.04 Å². The number of carbonyl (C=O) groups is 4. The van der Waals surface area contributed by atoms with E-state index in [4.69, 9.17) is 10.8 Å². The Labute approximate surface area is 176 Å². The van der Waals surface area contributed by atoms with E-state index in [9.17, 15) is 29.4 Å². The second-order valence-electron chi connectivity index (χ2n) is 7.93. The second kappa shape index (κ2) is 12.5. The summed E-state index contributed by atoms with van der Waals surface area (Å²) < 4.78 is 0. The first-order valence-electron chi connectivity index (χ1n) is 10.00. The molecule has 7 unspecified atom stereocenters. The van der Waals surface area contributed by atoms with Crippen LogP contribution < -0.4 is 21.7 Å². The van der Waals surface area contributed by atoms with Crippen LogP contribution in [0.5, 0.6) is 0 Å². The van der Waals surface area contributed by atoms with Gasteiger partial charge >= 0.3 is 5.97 Å². The van der Waals surface area contributed by atoms with Gasteiger partial charge in [-0.05, 0) is 25.7 Å².